The molecule has 11 nitrogen and oxygen atoms in total. The molecule has 1 amide bonds. The first-order valence-corrected chi connectivity index (χ1v) is 16.5. The van der Waals surface area contributed by atoms with Crippen LogP contribution >= 0.6 is 23.2 Å². The Labute approximate surface area is 288 Å². The first kappa shape index (κ1) is 33.6. The Morgan fingerprint density at radius 3 is 2.25 bits per heavy atom. The first-order chi connectivity index (χ1) is 23.2. The molecule has 2 fully saturated rings. The molecule has 48 heavy (non-hydrogen) atoms. The van der Waals surface area contributed by atoms with Crippen molar-refractivity contribution in [2.75, 3.05) is 33.9 Å². The van der Waals surface area contributed by atoms with E-state index in [2.05, 4.69) is 15.6 Å². The average molecular weight is 692 g/mol. The van der Waals surface area contributed by atoms with Crippen LogP contribution in [0, 0.1) is 5.92 Å². The summed E-state index contributed by atoms with van der Waals surface area (Å²) in [6.07, 6.45) is 3.65. The lowest BCUT2D eigenvalue weighted by atomic mass is 9.98. The van der Waals surface area contributed by atoms with Gasteiger partial charge in [-0.3, -0.25) is 19.5 Å². The standard InChI is InChI=1S/C35H36Cl2N6O5/c1-47-33-20(15-38-16-22-10-12-30(44)40-22)9-11-27(41-33)25-7-3-5-23(31(25)36)24-6-4-8-26(32(24)37)28-17-39-29(34(42-28)48-2)19-43-14-13-21(18-43)35(45)46/h3-9,11,17,21-22,38H,10,12-16,18-19H2,1-2H3,(H,40,44)(H,45,46)/t21-,22+/m1/s1. The van der Waals surface area contributed by atoms with E-state index in [1.165, 1.54) is 7.11 Å². The van der Waals surface area contributed by atoms with Crippen LogP contribution in [0.2, 0.25) is 10.0 Å². The lowest BCUT2D eigenvalue weighted by Crippen LogP contribution is -2.35. The van der Waals surface area contributed by atoms with Crippen LogP contribution in [-0.4, -0.2) is 76.7 Å². The number of halogens is 2. The average Bonchev–Trinajstić information content (AvgIpc) is 3.74. The fraction of sp³-hybridized carbons (Fsp3) is 0.343. The number of hydrogen-bond donors (Lipinski definition) is 3. The summed E-state index contributed by atoms with van der Waals surface area (Å²) in [5, 5.41) is 16.6. The summed E-state index contributed by atoms with van der Waals surface area (Å²) in [5.74, 6) is -0.227. The van der Waals surface area contributed by atoms with E-state index in [1.807, 2.05) is 53.4 Å². The molecule has 3 N–H and O–H groups in total. The molecule has 2 aromatic heterocycles. The lowest BCUT2D eigenvalue weighted by Gasteiger charge is -2.17. The summed E-state index contributed by atoms with van der Waals surface area (Å²) >= 11 is 14.1. The molecule has 4 aromatic rings. The molecular formula is C35H36Cl2N6O5. The molecule has 13 heteroatoms. The molecule has 250 valence electrons. The van der Waals surface area contributed by atoms with Gasteiger partial charge in [0.05, 0.1) is 47.8 Å². The van der Waals surface area contributed by atoms with Gasteiger partial charge in [-0.15, -0.1) is 0 Å². The maximum Gasteiger partial charge on any atom is 0.307 e. The highest BCUT2D eigenvalue weighted by Gasteiger charge is 2.29. The normalized spacial score (nSPS) is 17.8. The molecule has 2 aromatic carbocycles. The van der Waals surface area contributed by atoms with Crippen molar-refractivity contribution in [3.05, 3.63) is 76.0 Å². The highest BCUT2D eigenvalue weighted by Crippen LogP contribution is 2.42. The van der Waals surface area contributed by atoms with Crippen LogP contribution in [0.25, 0.3) is 33.6 Å². The SMILES string of the molecule is COc1nc(-c2cccc(-c3cccc(-c4cnc(CN5CC[C@@H](C(=O)O)C5)c(OC)n4)c3Cl)c2Cl)ccc1CNC[C@@H]1CCC(=O)N1. The summed E-state index contributed by atoms with van der Waals surface area (Å²) in [5.41, 5.74) is 5.53. The minimum atomic E-state index is -0.781. The van der Waals surface area contributed by atoms with E-state index in [4.69, 9.17) is 42.6 Å². The van der Waals surface area contributed by atoms with Gasteiger partial charge in [0.25, 0.3) is 0 Å². The Morgan fingerprint density at radius 1 is 0.958 bits per heavy atom. The van der Waals surface area contributed by atoms with Crippen molar-refractivity contribution >= 4 is 35.1 Å². The van der Waals surface area contributed by atoms with Gasteiger partial charge < -0.3 is 25.2 Å². The zero-order valence-corrected chi connectivity index (χ0v) is 28.1. The molecule has 2 saturated heterocycles. The van der Waals surface area contributed by atoms with Gasteiger partial charge in [0.1, 0.15) is 5.69 Å². The summed E-state index contributed by atoms with van der Waals surface area (Å²) in [4.78, 5) is 39.1. The number of aliphatic carboxylic acids is 1. The molecule has 4 heterocycles. The molecule has 0 radical (unpaired) electrons. The number of benzene rings is 2. The Hall–Kier alpha value is -4.29. The second-order valence-corrected chi connectivity index (χ2v) is 12.7. The molecule has 0 spiro atoms. The number of nitrogens with one attached hydrogen (secondary N) is 2. The number of carbonyl (C=O) groups excluding carboxylic acids is 1. The van der Waals surface area contributed by atoms with Crippen molar-refractivity contribution in [1.29, 1.82) is 0 Å². The van der Waals surface area contributed by atoms with Crippen LogP contribution in [0.4, 0.5) is 0 Å². The zero-order valence-electron chi connectivity index (χ0n) is 26.6. The Balaban J connectivity index is 1.23. The number of carboxylic acid groups (broad SMARTS) is 1. The predicted molar refractivity (Wildman–Crippen MR) is 183 cm³/mol. The van der Waals surface area contributed by atoms with E-state index in [0.29, 0.717) is 90.0 Å². The number of rotatable bonds is 12. The topological polar surface area (TPSA) is 139 Å². The van der Waals surface area contributed by atoms with Crippen molar-refractivity contribution in [3.63, 3.8) is 0 Å². The fourth-order valence-electron chi connectivity index (χ4n) is 6.21. The number of hydrogen-bond acceptors (Lipinski definition) is 9. The number of methoxy groups -OCH3 is 2. The number of carbonyl (C=O) groups is 2. The van der Waals surface area contributed by atoms with Gasteiger partial charge in [0, 0.05) is 66.5 Å². The van der Waals surface area contributed by atoms with Crippen LogP contribution in [0.3, 0.4) is 0 Å². The van der Waals surface area contributed by atoms with Gasteiger partial charge in [-0.25, -0.2) is 9.97 Å². The molecular weight excluding hydrogens is 655 g/mol. The van der Waals surface area contributed by atoms with E-state index in [1.54, 1.807) is 13.3 Å². The second-order valence-electron chi connectivity index (χ2n) is 11.9. The van der Waals surface area contributed by atoms with Gasteiger partial charge in [0.2, 0.25) is 17.7 Å². The number of amides is 1. The molecule has 0 bridgehead atoms. The van der Waals surface area contributed by atoms with Crippen LogP contribution in [0.1, 0.15) is 30.5 Å². The van der Waals surface area contributed by atoms with Crippen LogP contribution in [0.15, 0.2) is 54.7 Å². The lowest BCUT2D eigenvalue weighted by molar-refractivity contribution is -0.141. The number of carboxylic acids is 1. The number of ether oxygens (including phenoxy) is 2. The third-order valence-corrected chi connectivity index (χ3v) is 9.58. The zero-order chi connectivity index (χ0) is 33.8. The first-order valence-electron chi connectivity index (χ1n) is 15.7. The van der Waals surface area contributed by atoms with E-state index in [-0.39, 0.29) is 17.9 Å². The Kier molecular flexibility index (Phi) is 10.4. The van der Waals surface area contributed by atoms with Gasteiger partial charge in [0.15, 0.2) is 0 Å². The number of likely N-dealkylation sites (tertiary alicyclic amines) is 1. The summed E-state index contributed by atoms with van der Waals surface area (Å²) in [6.45, 7) is 2.77. The highest BCUT2D eigenvalue weighted by atomic mass is 35.5. The van der Waals surface area contributed by atoms with Gasteiger partial charge in [-0.2, -0.15) is 0 Å². The van der Waals surface area contributed by atoms with Crippen LogP contribution < -0.4 is 20.1 Å². The van der Waals surface area contributed by atoms with E-state index < -0.39 is 5.97 Å². The quantitative estimate of drug-likeness (QED) is 0.175. The molecule has 0 saturated carbocycles. The Bertz CT molecular complexity index is 1840. The number of pyridine rings is 1. The van der Waals surface area contributed by atoms with Gasteiger partial charge in [-0.1, -0.05) is 65.7 Å². The van der Waals surface area contributed by atoms with E-state index in [0.717, 1.165) is 28.7 Å². The second kappa shape index (κ2) is 14.9. The maximum absolute atomic E-state index is 11.5. The molecule has 6 rings (SSSR count). The highest BCUT2D eigenvalue weighted by molar-refractivity contribution is 6.39. The molecule has 2 aliphatic heterocycles. The molecule has 2 aliphatic rings. The largest absolute Gasteiger partial charge is 0.481 e. The van der Waals surface area contributed by atoms with Crippen molar-refractivity contribution < 1.29 is 24.2 Å². The monoisotopic (exact) mass is 690 g/mol. The molecule has 2 atom stereocenters. The summed E-state index contributed by atoms with van der Waals surface area (Å²) in [6, 6.07) is 15.4. The summed E-state index contributed by atoms with van der Waals surface area (Å²) < 4.78 is 11.2. The summed E-state index contributed by atoms with van der Waals surface area (Å²) in [7, 11) is 3.12. The Morgan fingerprint density at radius 2 is 1.62 bits per heavy atom. The van der Waals surface area contributed by atoms with Gasteiger partial charge in [-0.05, 0) is 25.5 Å². The molecule has 0 aliphatic carbocycles. The van der Waals surface area contributed by atoms with Crippen molar-refractivity contribution in [3.8, 4) is 45.4 Å². The minimum absolute atomic E-state index is 0.0910. The smallest absolute Gasteiger partial charge is 0.307 e. The van der Waals surface area contributed by atoms with Crippen molar-refractivity contribution in [2.24, 2.45) is 5.92 Å². The van der Waals surface area contributed by atoms with Crippen LogP contribution in [0.5, 0.6) is 11.8 Å². The van der Waals surface area contributed by atoms with E-state index >= 15 is 0 Å². The maximum atomic E-state index is 11.5. The predicted octanol–water partition coefficient (Wildman–Crippen LogP) is 5.47. The molecule has 0 unspecified atom stereocenters. The van der Waals surface area contributed by atoms with E-state index in [9.17, 15) is 14.7 Å². The number of aromatic nitrogens is 3. The van der Waals surface area contributed by atoms with Crippen LogP contribution in [-0.2, 0) is 22.7 Å². The third kappa shape index (κ3) is 7.24. The minimum Gasteiger partial charge on any atom is -0.481 e. The van der Waals surface area contributed by atoms with Gasteiger partial charge >= 0.3 is 5.97 Å². The van der Waals surface area contributed by atoms with Crippen molar-refractivity contribution in [2.45, 2.75) is 38.4 Å². The third-order valence-electron chi connectivity index (χ3n) is 8.76. The fourth-order valence-corrected chi connectivity index (χ4v) is 6.86. The number of nitrogens with zero attached hydrogens (tertiary/aromatic N) is 4. The van der Waals surface area contributed by atoms with Crippen molar-refractivity contribution in [1.82, 2.24) is 30.5 Å².